The van der Waals surface area contributed by atoms with Crippen molar-refractivity contribution in [3.63, 3.8) is 0 Å². The van der Waals surface area contributed by atoms with Gasteiger partial charge in [0, 0.05) is 11.6 Å². The number of ether oxygens (including phenoxy) is 2. The maximum Gasteiger partial charge on any atom is 0.258 e. The number of nitrogen functional groups attached to an aromatic ring is 1. The zero-order valence-corrected chi connectivity index (χ0v) is 12.6. The Bertz CT molecular complexity index is 503. The molecule has 1 aromatic carbocycles. The monoisotopic (exact) mass is 294 g/mol. The molecule has 1 aromatic rings. The van der Waals surface area contributed by atoms with Gasteiger partial charge in [0.1, 0.15) is 6.29 Å². The van der Waals surface area contributed by atoms with Gasteiger partial charge in [-0.15, -0.1) is 0 Å². The average molecular weight is 294 g/mol. The zero-order chi connectivity index (χ0) is 15.8. The van der Waals surface area contributed by atoms with E-state index in [1.807, 2.05) is 20.8 Å². The fourth-order valence-electron chi connectivity index (χ4n) is 1.69. The SMILES string of the molecule is CCOc1cc(C=O)cc(N)c1OCC(=O)NC(C)CC. The number of hydrogen-bond acceptors (Lipinski definition) is 5. The van der Waals surface area contributed by atoms with Crippen molar-refractivity contribution >= 4 is 17.9 Å². The number of amides is 1. The summed E-state index contributed by atoms with van der Waals surface area (Å²) in [5, 5.41) is 2.79. The third kappa shape index (κ3) is 4.98. The van der Waals surface area contributed by atoms with Crippen LogP contribution >= 0.6 is 0 Å². The zero-order valence-electron chi connectivity index (χ0n) is 12.6. The summed E-state index contributed by atoms with van der Waals surface area (Å²) in [5.74, 6) is 0.406. The minimum Gasteiger partial charge on any atom is -0.490 e. The van der Waals surface area contributed by atoms with E-state index in [4.69, 9.17) is 15.2 Å². The third-order valence-electron chi connectivity index (χ3n) is 2.91. The number of hydrogen-bond donors (Lipinski definition) is 2. The molecule has 0 saturated heterocycles. The van der Waals surface area contributed by atoms with Crippen LogP contribution in [0.2, 0.25) is 0 Å². The molecule has 0 heterocycles. The van der Waals surface area contributed by atoms with Gasteiger partial charge < -0.3 is 20.5 Å². The van der Waals surface area contributed by atoms with Crippen LogP contribution in [-0.4, -0.2) is 31.4 Å². The van der Waals surface area contributed by atoms with Crippen LogP contribution in [0.15, 0.2) is 12.1 Å². The molecule has 0 fully saturated rings. The van der Waals surface area contributed by atoms with Crippen LogP contribution in [0.4, 0.5) is 5.69 Å². The Hall–Kier alpha value is -2.24. The summed E-state index contributed by atoms with van der Waals surface area (Å²) in [6, 6.07) is 3.11. The number of anilines is 1. The van der Waals surface area contributed by atoms with Gasteiger partial charge in [0.15, 0.2) is 18.1 Å². The lowest BCUT2D eigenvalue weighted by molar-refractivity contribution is -0.123. The van der Waals surface area contributed by atoms with Crippen LogP contribution in [0.25, 0.3) is 0 Å². The molecule has 1 rings (SSSR count). The smallest absolute Gasteiger partial charge is 0.258 e. The lowest BCUT2D eigenvalue weighted by Crippen LogP contribution is -2.35. The molecule has 1 amide bonds. The summed E-state index contributed by atoms with van der Waals surface area (Å²) < 4.78 is 10.8. The molecule has 116 valence electrons. The second kappa shape index (κ2) is 8.14. The molecular weight excluding hydrogens is 272 g/mol. The van der Waals surface area contributed by atoms with E-state index in [0.29, 0.717) is 24.2 Å². The molecule has 0 radical (unpaired) electrons. The van der Waals surface area contributed by atoms with Gasteiger partial charge in [0.05, 0.1) is 12.3 Å². The van der Waals surface area contributed by atoms with Crippen molar-refractivity contribution in [3.8, 4) is 11.5 Å². The number of rotatable bonds is 8. The molecule has 6 heteroatoms. The number of aldehydes is 1. The van der Waals surface area contributed by atoms with Crippen LogP contribution in [0.5, 0.6) is 11.5 Å². The Kier molecular flexibility index (Phi) is 6.52. The maximum absolute atomic E-state index is 11.7. The predicted molar refractivity (Wildman–Crippen MR) is 80.8 cm³/mol. The Morgan fingerprint density at radius 1 is 1.38 bits per heavy atom. The van der Waals surface area contributed by atoms with E-state index >= 15 is 0 Å². The lowest BCUT2D eigenvalue weighted by atomic mass is 10.2. The van der Waals surface area contributed by atoms with Crippen molar-refractivity contribution < 1.29 is 19.1 Å². The van der Waals surface area contributed by atoms with Gasteiger partial charge in [-0.3, -0.25) is 9.59 Å². The molecule has 21 heavy (non-hydrogen) atoms. The first-order valence-electron chi connectivity index (χ1n) is 6.95. The molecule has 0 aromatic heterocycles. The van der Waals surface area contributed by atoms with Gasteiger partial charge in [0.25, 0.3) is 5.91 Å². The fourth-order valence-corrected chi connectivity index (χ4v) is 1.69. The topological polar surface area (TPSA) is 90.7 Å². The lowest BCUT2D eigenvalue weighted by Gasteiger charge is -2.16. The van der Waals surface area contributed by atoms with Crippen molar-refractivity contribution in [2.45, 2.75) is 33.2 Å². The largest absolute Gasteiger partial charge is 0.490 e. The summed E-state index contributed by atoms with van der Waals surface area (Å²) in [5.41, 5.74) is 6.51. The van der Waals surface area contributed by atoms with E-state index < -0.39 is 0 Å². The highest BCUT2D eigenvalue weighted by atomic mass is 16.5. The number of nitrogens with two attached hydrogens (primary N) is 1. The first kappa shape index (κ1) is 16.8. The van der Waals surface area contributed by atoms with Crippen molar-refractivity contribution in [3.05, 3.63) is 17.7 Å². The normalized spacial score (nSPS) is 11.6. The highest BCUT2D eigenvalue weighted by molar-refractivity contribution is 5.81. The Morgan fingerprint density at radius 2 is 2.10 bits per heavy atom. The van der Waals surface area contributed by atoms with E-state index in [-0.39, 0.29) is 30.0 Å². The molecule has 0 saturated carbocycles. The summed E-state index contributed by atoms with van der Waals surface area (Å²) >= 11 is 0. The summed E-state index contributed by atoms with van der Waals surface area (Å²) in [4.78, 5) is 22.5. The van der Waals surface area contributed by atoms with Gasteiger partial charge in [-0.25, -0.2) is 0 Å². The Labute approximate surface area is 124 Å². The van der Waals surface area contributed by atoms with Gasteiger partial charge in [-0.1, -0.05) is 6.92 Å². The standard InChI is InChI=1S/C15H22N2O4/c1-4-10(3)17-14(19)9-21-15-12(16)6-11(8-18)7-13(15)20-5-2/h6-8,10H,4-5,9,16H2,1-3H3,(H,17,19). The van der Waals surface area contributed by atoms with Gasteiger partial charge >= 0.3 is 0 Å². The highest BCUT2D eigenvalue weighted by Crippen LogP contribution is 2.34. The Balaban J connectivity index is 2.82. The molecule has 0 bridgehead atoms. The molecule has 0 aliphatic heterocycles. The van der Waals surface area contributed by atoms with Gasteiger partial charge in [-0.05, 0) is 32.4 Å². The molecule has 6 nitrogen and oxygen atoms in total. The minimum atomic E-state index is -0.231. The quantitative estimate of drug-likeness (QED) is 0.563. The molecule has 1 unspecified atom stereocenters. The molecule has 0 spiro atoms. The molecule has 0 aliphatic carbocycles. The Morgan fingerprint density at radius 3 is 2.67 bits per heavy atom. The first-order valence-corrected chi connectivity index (χ1v) is 6.95. The van der Waals surface area contributed by atoms with E-state index in [1.54, 1.807) is 0 Å². The van der Waals surface area contributed by atoms with Gasteiger partial charge in [-0.2, -0.15) is 0 Å². The van der Waals surface area contributed by atoms with Crippen LogP contribution in [0.3, 0.4) is 0 Å². The van der Waals surface area contributed by atoms with Crippen molar-refractivity contribution in [1.29, 1.82) is 0 Å². The van der Waals surface area contributed by atoms with Crippen molar-refractivity contribution in [2.75, 3.05) is 18.9 Å². The minimum absolute atomic E-state index is 0.0854. The summed E-state index contributed by atoms with van der Waals surface area (Å²) in [6.45, 7) is 5.95. The maximum atomic E-state index is 11.7. The van der Waals surface area contributed by atoms with E-state index in [2.05, 4.69) is 5.32 Å². The van der Waals surface area contributed by atoms with Crippen LogP contribution in [-0.2, 0) is 4.79 Å². The average Bonchev–Trinajstić information content (AvgIpc) is 2.46. The van der Waals surface area contributed by atoms with Crippen LogP contribution in [0.1, 0.15) is 37.6 Å². The number of carbonyl (C=O) groups is 2. The van der Waals surface area contributed by atoms with Crippen molar-refractivity contribution in [2.24, 2.45) is 0 Å². The number of nitrogens with one attached hydrogen (secondary N) is 1. The second-order valence-electron chi connectivity index (χ2n) is 4.65. The summed E-state index contributed by atoms with van der Waals surface area (Å²) in [6.07, 6.45) is 1.52. The molecule has 0 aliphatic rings. The van der Waals surface area contributed by atoms with E-state index in [1.165, 1.54) is 12.1 Å². The highest BCUT2D eigenvalue weighted by Gasteiger charge is 2.14. The number of carbonyl (C=O) groups excluding carboxylic acids is 2. The van der Waals surface area contributed by atoms with E-state index in [9.17, 15) is 9.59 Å². The van der Waals surface area contributed by atoms with Crippen LogP contribution in [0, 0.1) is 0 Å². The number of benzene rings is 1. The predicted octanol–water partition coefficient (Wildman–Crippen LogP) is 1.77. The first-order chi connectivity index (χ1) is 10.0. The van der Waals surface area contributed by atoms with Gasteiger partial charge in [0.2, 0.25) is 0 Å². The van der Waals surface area contributed by atoms with Crippen molar-refractivity contribution in [1.82, 2.24) is 5.32 Å². The second-order valence-corrected chi connectivity index (χ2v) is 4.65. The molecular formula is C15H22N2O4. The molecule has 3 N–H and O–H groups in total. The van der Waals surface area contributed by atoms with Crippen LogP contribution < -0.4 is 20.5 Å². The molecule has 1 atom stereocenters. The third-order valence-corrected chi connectivity index (χ3v) is 2.91. The summed E-state index contributed by atoms with van der Waals surface area (Å²) in [7, 11) is 0. The fraction of sp³-hybridized carbons (Fsp3) is 0.467. The van der Waals surface area contributed by atoms with E-state index in [0.717, 1.165) is 6.42 Å².